The SMILES string of the molecule is CCCN(C1CC1)S(=O)(=O)c1cccc(S(N)(=O)=O)c1. The largest absolute Gasteiger partial charge is 0.243 e. The summed E-state index contributed by atoms with van der Waals surface area (Å²) in [6.07, 6.45) is 2.42. The van der Waals surface area contributed by atoms with E-state index in [9.17, 15) is 16.8 Å². The molecule has 1 aromatic rings. The standard InChI is InChI=1S/C12H18N2O4S2/c1-2-8-14(10-6-7-10)20(17,18)12-5-3-4-11(9-12)19(13,15)16/h3-5,9-10H,2,6-8H2,1H3,(H2,13,15,16). The topological polar surface area (TPSA) is 97.5 Å². The third kappa shape index (κ3) is 3.20. The molecule has 0 aromatic heterocycles. The van der Waals surface area contributed by atoms with Gasteiger partial charge in [-0.25, -0.2) is 22.0 Å². The van der Waals surface area contributed by atoms with E-state index in [0.29, 0.717) is 13.0 Å². The van der Waals surface area contributed by atoms with E-state index in [1.165, 1.54) is 22.5 Å². The Balaban J connectivity index is 2.43. The molecule has 0 heterocycles. The number of rotatable bonds is 6. The van der Waals surface area contributed by atoms with E-state index in [4.69, 9.17) is 5.14 Å². The van der Waals surface area contributed by atoms with Crippen molar-refractivity contribution in [1.29, 1.82) is 0 Å². The highest BCUT2D eigenvalue weighted by Gasteiger charge is 2.37. The molecule has 8 heteroatoms. The lowest BCUT2D eigenvalue weighted by Crippen LogP contribution is -2.34. The van der Waals surface area contributed by atoms with Crippen molar-refractivity contribution >= 4 is 20.0 Å². The molecular weight excluding hydrogens is 300 g/mol. The summed E-state index contributed by atoms with van der Waals surface area (Å²) >= 11 is 0. The van der Waals surface area contributed by atoms with E-state index in [1.54, 1.807) is 0 Å². The first-order valence-corrected chi connectivity index (χ1v) is 9.40. The molecule has 2 rings (SSSR count). The molecule has 1 aliphatic carbocycles. The second-order valence-corrected chi connectivity index (χ2v) is 8.32. The fourth-order valence-corrected chi connectivity index (χ4v) is 4.49. The molecule has 0 amide bonds. The maximum Gasteiger partial charge on any atom is 0.243 e. The summed E-state index contributed by atoms with van der Waals surface area (Å²) in [6.45, 7) is 2.35. The average Bonchev–Trinajstić information content (AvgIpc) is 3.19. The zero-order valence-electron chi connectivity index (χ0n) is 11.2. The van der Waals surface area contributed by atoms with Gasteiger partial charge in [-0.2, -0.15) is 4.31 Å². The molecule has 2 N–H and O–H groups in total. The van der Waals surface area contributed by atoms with Gasteiger partial charge in [0, 0.05) is 12.6 Å². The van der Waals surface area contributed by atoms with Crippen molar-refractivity contribution in [3.8, 4) is 0 Å². The van der Waals surface area contributed by atoms with Crippen LogP contribution in [0.4, 0.5) is 0 Å². The number of hydrogen-bond acceptors (Lipinski definition) is 4. The van der Waals surface area contributed by atoms with Gasteiger partial charge in [0.05, 0.1) is 9.79 Å². The first-order chi connectivity index (χ1) is 9.26. The highest BCUT2D eigenvalue weighted by atomic mass is 32.2. The van der Waals surface area contributed by atoms with Gasteiger partial charge in [0.1, 0.15) is 0 Å². The summed E-state index contributed by atoms with van der Waals surface area (Å²) in [5, 5.41) is 5.04. The van der Waals surface area contributed by atoms with Crippen molar-refractivity contribution in [2.24, 2.45) is 5.14 Å². The van der Waals surface area contributed by atoms with E-state index >= 15 is 0 Å². The lowest BCUT2D eigenvalue weighted by Gasteiger charge is -2.21. The molecule has 0 atom stereocenters. The predicted octanol–water partition coefficient (Wildman–Crippen LogP) is 0.897. The van der Waals surface area contributed by atoms with Gasteiger partial charge in [0.25, 0.3) is 0 Å². The van der Waals surface area contributed by atoms with E-state index < -0.39 is 20.0 Å². The number of sulfonamides is 2. The van der Waals surface area contributed by atoms with Gasteiger partial charge >= 0.3 is 0 Å². The fourth-order valence-electron chi connectivity index (χ4n) is 2.03. The zero-order chi connectivity index (χ0) is 15.0. The number of benzene rings is 1. The molecule has 20 heavy (non-hydrogen) atoms. The van der Waals surface area contributed by atoms with Crippen LogP contribution in [0.3, 0.4) is 0 Å². The molecule has 0 aliphatic heterocycles. The maximum absolute atomic E-state index is 12.6. The Morgan fingerprint density at radius 2 is 1.80 bits per heavy atom. The minimum Gasteiger partial charge on any atom is -0.225 e. The quantitative estimate of drug-likeness (QED) is 0.842. The number of hydrogen-bond donors (Lipinski definition) is 1. The van der Waals surface area contributed by atoms with Gasteiger partial charge in [-0.05, 0) is 37.5 Å². The Hall–Kier alpha value is -0.960. The van der Waals surface area contributed by atoms with Crippen molar-refractivity contribution in [3.63, 3.8) is 0 Å². The first-order valence-electron chi connectivity index (χ1n) is 6.41. The Kier molecular flexibility index (Phi) is 4.19. The summed E-state index contributed by atoms with van der Waals surface area (Å²) in [5.41, 5.74) is 0. The van der Waals surface area contributed by atoms with Gasteiger partial charge in [-0.1, -0.05) is 13.0 Å². The minimum atomic E-state index is -3.91. The van der Waals surface area contributed by atoms with Crippen molar-refractivity contribution in [2.45, 2.75) is 42.0 Å². The van der Waals surface area contributed by atoms with Crippen molar-refractivity contribution in [1.82, 2.24) is 4.31 Å². The van der Waals surface area contributed by atoms with E-state index in [0.717, 1.165) is 18.9 Å². The molecule has 1 aliphatic rings. The monoisotopic (exact) mass is 318 g/mol. The number of nitrogens with two attached hydrogens (primary N) is 1. The molecule has 6 nitrogen and oxygen atoms in total. The van der Waals surface area contributed by atoms with E-state index in [2.05, 4.69) is 0 Å². The van der Waals surface area contributed by atoms with Gasteiger partial charge < -0.3 is 0 Å². The molecule has 1 saturated carbocycles. The summed E-state index contributed by atoms with van der Waals surface area (Å²) in [5.74, 6) is 0. The minimum absolute atomic E-state index is 0.0237. The second kappa shape index (κ2) is 5.44. The highest BCUT2D eigenvalue weighted by molar-refractivity contribution is 7.90. The molecule has 112 valence electrons. The van der Waals surface area contributed by atoms with Crippen LogP contribution in [0.15, 0.2) is 34.1 Å². The van der Waals surface area contributed by atoms with Crippen LogP contribution in [-0.2, 0) is 20.0 Å². The van der Waals surface area contributed by atoms with Crippen molar-refractivity contribution in [3.05, 3.63) is 24.3 Å². The van der Waals surface area contributed by atoms with Gasteiger partial charge in [0.2, 0.25) is 20.0 Å². The Bertz CT molecular complexity index is 694. The van der Waals surface area contributed by atoms with Crippen LogP contribution in [0.1, 0.15) is 26.2 Å². The van der Waals surface area contributed by atoms with Crippen LogP contribution in [-0.4, -0.2) is 33.7 Å². The number of primary sulfonamides is 1. The molecule has 0 bridgehead atoms. The summed E-state index contributed by atoms with van der Waals surface area (Å²) in [4.78, 5) is -0.213. The molecule has 0 unspecified atom stereocenters. The molecule has 0 radical (unpaired) electrons. The third-order valence-electron chi connectivity index (χ3n) is 3.14. The Morgan fingerprint density at radius 1 is 1.20 bits per heavy atom. The molecular formula is C12H18N2O4S2. The lowest BCUT2D eigenvalue weighted by atomic mass is 10.4. The normalized spacial score (nSPS) is 16.6. The molecule has 1 fully saturated rings. The van der Waals surface area contributed by atoms with Crippen molar-refractivity contribution < 1.29 is 16.8 Å². The zero-order valence-corrected chi connectivity index (χ0v) is 12.8. The van der Waals surface area contributed by atoms with E-state index in [-0.39, 0.29) is 15.8 Å². The van der Waals surface area contributed by atoms with Gasteiger partial charge in [0.15, 0.2) is 0 Å². The van der Waals surface area contributed by atoms with E-state index in [1.807, 2.05) is 6.92 Å². The van der Waals surface area contributed by atoms with Crippen LogP contribution in [0.2, 0.25) is 0 Å². The van der Waals surface area contributed by atoms with Gasteiger partial charge in [-0.3, -0.25) is 0 Å². The Labute approximate surface area is 119 Å². The molecule has 1 aromatic carbocycles. The van der Waals surface area contributed by atoms with Crippen LogP contribution in [0.5, 0.6) is 0 Å². The smallest absolute Gasteiger partial charge is 0.225 e. The third-order valence-corrected chi connectivity index (χ3v) is 6.00. The summed E-state index contributed by atoms with van der Waals surface area (Å²) in [7, 11) is -7.58. The summed E-state index contributed by atoms with van der Waals surface area (Å²) < 4.78 is 49.2. The number of nitrogens with zero attached hydrogens (tertiary/aromatic N) is 1. The predicted molar refractivity (Wildman–Crippen MR) is 75.0 cm³/mol. The Morgan fingerprint density at radius 3 is 2.30 bits per heavy atom. The first kappa shape index (κ1) is 15.4. The average molecular weight is 318 g/mol. The highest BCUT2D eigenvalue weighted by Crippen LogP contribution is 2.32. The summed E-state index contributed by atoms with van der Waals surface area (Å²) in [6, 6.07) is 5.24. The van der Waals surface area contributed by atoms with Crippen LogP contribution >= 0.6 is 0 Å². The fraction of sp³-hybridized carbons (Fsp3) is 0.500. The van der Waals surface area contributed by atoms with Crippen LogP contribution in [0, 0.1) is 0 Å². The van der Waals surface area contributed by atoms with Crippen molar-refractivity contribution in [2.75, 3.05) is 6.54 Å². The van der Waals surface area contributed by atoms with Crippen LogP contribution in [0.25, 0.3) is 0 Å². The second-order valence-electron chi connectivity index (χ2n) is 4.87. The molecule has 0 spiro atoms. The lowest BCUT2D eigenvalue weighted by molar-refractivity contribution is 0.403. The maximum atomic E-state index is 12.6. The van der Waals surface area contributed by atoms with Crippen LogP contribution < -0.4 is 5.14 Å². The van der Waals surface area contributed by atoms with Gasteiger partial charge in [-0.15, -0.1) is 0 Å². The molecule has 0 saturated heterocycles.